The number of allylic oxidation sites excluding steroid dienone is 1. The number of amidine groups is 1. The van der Waals surface area contributed by atoms with Gasteiger partial charge in [0, 0.05) is 74.6 Å². The summed E-state index contributed by atoms with van der Waals surface area (Å²) in [7, 11) is 5.11. The second-order valence-corrected chi connectivity index (χ2v) is 14.2. The largest absolute Gasteiger partial charge is 0.385 e. The number of nitrogens with zero attached hydrogens (tertiary/aromatic N) is 7. The molecule has 0 saturated carbocycles. The average Bonchev–Trinajstić information content (AvgIpc) is 3.90. The van der Waals surface area contributed by atoms with Gasteiger partial charge in [-0.15, -0.1) is 6.58 Å². The molecule has 1 aromatic carbocycles. The molecule has 1 fully saturated rings. The number of carbonyl (C=O) groups excluding carboxylic acids is 4. The van der Waals surface area contributed by atoms with Crippen LogP contribution in [0.15, 0.2) is 93.7 Å². The van der Waals surface area contributed by atoms with Crippen molar-refractivity contribution >= 4 is 53.8 Å². The Bertz CT molecular complexity index is 1950. The van der Waals surface area contributed by atoms with Crippen LogP contribution >= 0.6 is 0 Å². The lowest BCUT2D eigenvalue weighted by molar-refractivity contribution is -0.132. The zero-order valence-electron chi connectivity index (χ0n) is 37.0. The molecular formula is C46H66N10O4. The van der Waals surface area contributed by atoms with Crippen LogP contribution in [0.1, 0.15) is 90.3 Å². The lowest BCUT2D eigenvalue weighted by Gasteiger charge is -2.27. The fourth-order valence-corrected chi connectivity index (χ4v) is 7.48. The zero-order chi connectivity index (χ0) is 44.4. The second kappa shape index (κ2) is 24.3. The lowest BCUT2D eigenvalue weighted by Crippen LogP contribution is -2.41. The number of anilines is 2. The number of hydrogen-bond acceptors (Lipinski definition) is 10. The molecule has 3 heterocycles. The summed E-state index contributed by atoms with van der Waals surface area (Å²) in [6, 6.07) is 11.3. The van der Waals surface area contributed by atoms with E-state index >= 15 is 0 Å². The number of amides is 3. The molecule has 1 aliphatic carbocycles. The fraction of sp³-hybridized carbons (Fsp3) is 0.457. The number of aliphatic imine (C=N–C) groups is 2. The smallest absolute Gasteiger partial charge is 0.278 e. The first-order valence-electron chi connectivity index (χ1n) is 21.1. The van der Waals surface area contributed by atoms with Crippen molar-refractivity contribution in [1.82, 2.24) is 25.5 Å². The maximum atomic E-state index is 13.6. The molecule has 0 radical (unpaired) electrons. The Morgan fingerprint density at radius 1 is 1.12 bits per heavy atom. The van der Waals surface area contributed by atoms with Crippen molar-refractivity contribution in [3.8, 4) is 0 Å². The van der Waals surface area contributed by atoms with Crippen LogP contribution in [-0.2, 0) is 25.6 Å². The van der Waals surface area contributed by atoms with Crippen molar-refractivity contribution in [2.45, 2.75) is 91.5 Å². The van der Waals surface area contributed by atoms with Gasteiger partial charge in [0.05, 0.1) is 18.3 Å². The van der Waals surface area contributed by atoms with Crippen molar-refractivity contribution < 1.29 is 19.2 Å². The maximum absolute atomic E-state index is 13.6. The molecule has 14 nitrogen and oxygen atoms in total. The van der Waals surface area contributed by atoms with Crippen LogP contribution in [-0.4, -0.2) is 105 Å². The highest BCUT2D eigenvalue weighted by Gasteiger charge is 2.41. The summed E-state index contributed by atoms with van der Waals surface area (Å²) in [6.07, 6.45) is 10.8. The van der Waals surface area contributed by atoms with Crippen LogP contribution in [0, 0.1) is 0 Å². The molecule has 2 unspecified atom stereocenters. The van der Waals surface area contributed by atoms with E-state index in [4.69, 9.17) is 9.98 Å². The van der Waals surface area contributed by atoms with Gasteiger partial charge in [0.1, 0.15) is 11.9 Å². The summed E-state index contributed by atoms with van der Waals surface area (Å²) in [4.78, 5) is 68.3. The lowest BCUT2D eigenvalue weighted by atomic mass is 10.1. The average molecular weight is 823 g/mol. The minimum absolute atomic E-state index is 0.142. The van der Waals surface area contributed by atoms with Gasteiger partial charge in [-0.05, 0) is 101 Å². The van der Waals surface area contributed by atoms with E-state index in [2.05, 4.69) is 59.6 Å². The predicted molar refractivity (Wildman–Crippen MR) is 244 cm³/mol. The molecule has 0 bridgehead atoms. The molecule has 2 aliphatic heterocycles. The van der Waals surface area contributed by atoms with E-state index in [9.17, 15) is 19.2 Å². The van der Waals surface area contributed by atoms with Crippen molar-refractivity contribution in [1.29, 1.82) is 0 Å². The molecule has 1 aromatic heterocycles. The number of nitrogens with two attached hydrogens (primary N) is 1. The number of carbonyl (C=O) groups is 4. The van der Waals surface area contributed by atoms with Crippen molar-refractivity contribution in [3.05, 3.63) is 95.0 Å². The first-order valence-corrected chi connectivity index (χ1v) is 21.1. The van der Waals surface area contributed by atoms with Gasteiger partial charge >= 0.3 is 0 Å². The molecule has 0 spiro atoms. The van der Waals surface area contributed by atoms with E-state index in [0.717, 1.165) is 67.7 Å². The van der Waals surface area contributed by atoms with Gasteiger partial charge in [-0.25, -0.2) is 20.0 Å². The minimum Gasteiger partial charge on any atom is -0.385 e. The molecule has 3 amide bonds. The number of unbranched alkanes of at least 4 members (excludes halogenated alkanes) is 1. The molecule has 60 heavy (non-hydrogen) atoms. The van der Waals surface area contributed by atoms with Gasteiger partial charge in [0.2, 0.25) is 5.91 Å². The van der Waals surface area contributed by atoms with Gasteiger partial charge in [-0.3, -0.25) is 19.4 Å². The van der Waals surface area contributed by atoms with Crippen LogP contribution in [0.4, 0.5) is 17.2 Å². The van der Waals surface area contributed by atoms with Gasteiger partial charge < -0.3 is 31.0 Å². The molecular weight excluding hydrogens is 757 g/mol. The number of hydrogen-bond donors (Lipinski definition) is 3. The number of rotatable bonds is 19. The number of benzene rings is 1. The normalized spacial score (nSPS) is 17.9. The Kier molecular flexibility index (Phi) is 19.6. The third-order valence-corrected chi connectivity index (χ3v) is 10.6. The van der Waals surface area contributed by atoms with Gasteiger partial charge in [0.15, 0.2) is 11.7 Å². The molecule has 14 heteroatoms. The van der Waals surface area contributed by atoms with Crippen molar-refractivity contribution in [3.63, 3.8) is 0 Å². The van der Waals surface area contributed by atoms with E-state index in [-0.39, 0.29) is 37.1 Å². The maximum Gasteiger partial charge on any atom is 0.278 e. The van der Waals surface area contributed by atoms with Gasteiger partial charge in [-0.2, -0.15) is 0 Å². The van der Waals surface area contributed by atoms with Crippen LogP contribution in [0.2, 0.25) is 0 Å². The molecule has 3 aliphatic rings. The number of aldehydes is 1. The Morgan fingerprint density at radius 3 is 2.45 bits per heavy atom. The zero-order valence-corrected chi connectivity index (χ0v) is 37.0. The quantitative estimate of drug-likeness (QED) is 0.0495. The van der Waals surface area contributed by atoms with Crippen LogP contribution in [0.25, 0.3) is 0 Å². The number of aromatic nitrogens is 1. The van der Waals surface area contributed by atoms with Crippen molar-refractivity contribution in [2.24, 2.45) is 15.7 Å². The Balaban J connectivity index is 0.00000233. The van der Waals surface area contributed by atoms with E-state index < -0.39 is 6.04 Å². The second-order valence-electron chi connectivity index (χ2n) is 14.2. The van der Waals surface area contributed by atoms with Crippen molar-refractivity contribution in [2.75, 3.05) is 57.2 Å². The summed E-state index contributed by atoms with van der Waals surface area (Å²) in [5.74, 6) is 0.838. The summed E-state index contributed by atoms with van der Waals surface area (Å²) in [5.41, 5.74) is 11.3. The van der Waals surface area contributed by atoms with E-state index in [1.807, 2.05) is 64.1 Å². The molecule has 2 aromatic rings. The minimum atomic E-state index is -0.650. The first-order chi connectivity index (χ1) is 29.1. The third-order valence-electron chi connectivity index (χ3n) is 10.6. The van der Waals surface area contributed by atoms with Crippen LogP contribution < -0.4 is 26.3 Å². The topological polar surface area (TPSA) is 169 Å². The predicted octanol–water partition coefficient (Wildman–Crippen LogP) is 6.15. The number of nitrogens with one attached hydrogen (secondary N) is 2. The number of aryl methyl sites for hydroxylation is 1. The molecule has 324 valence electrons. The Labute approximate surface area is 357 Å². The highest BCUT2D eigenvalue weighted by atomic mass is 16.2. The molecule has 4 N–H and O–H groups in total. The highest BCUT2D eigenvalue weighted by molar-refractivity contribution is 6.31. The Hall–Kier alpha value is -5.89. The fourth-order valence-electron chi connectivity index (χ4n) is 7.48. The van der Waals surface area contributed by atoms with Crippen LogP contribution in [0.5, 0.6) is 0 Å². The van der Waals surface area contributed by atoms with Gasteiger partial charge in [0.25, 0.3) is 11.8 Å². The summed E-state index contributed by atoms with van der Waals surface area (Å²) in [6.45, 7) is 19.7. The molecule has 5 rings (SSSR count). The van der Waals surface area contributed by atoms with E-state index in [1.54, 1.807) is 28.0 Å². The van der Waals surface area contributed by atoms with E-state index in [1.165, 1.54) is 18.8 Å². The standard InChI is InChI=1S/C43H55N9O4.C2H6.CH5N/c1-8-24-51-43(56)35(26-44-5)41(52(51)38-21-15-30-14-13-29(4)40(30)48-38)47-31-16-18-32(19-17-31)49(7)25-12-11-23-46-37(10-3)36-27-50(42(55)34(36)9-2)33(28-53)20-22-39(54)45-6;2*1-2/h8,10,15-19,21,26,28-29,33,46H,1,5,9,11-14,20,22-25,27H2,2-4,6-7H3,(H,45,54);1-2H3;2H2,1H3/b35-26+,37-10+,47-41?;;. The third kappa shape index (κ3) is 11.4. The summed E-state index contributed by atoms with van der Waals surface area (Å²) >= 11 is 0. The SMILES string of the molecule is C=CCN1C(=O)/C(=C/N=C)C(=Nc2ccc(N(C)CCCCN/C(=C/C)C3=C(CC)C(=O)N(C(C=O)CCC(=O)NC)C3)cc2)N1c1ccc2c(n1)C(C)CC2.CC.CN. The Morgan fingerprint density at radius 2 is 1.83 bits per heavy atom. The van der Waals surface area contributed by atoms with Crippen LogP contribution in [0.3, 0.4) is 0 Å². The number of hydrazine groups is 1. The number of pyridine rings is 1. The highest BCUT2D eigenvalue weighted by Crippen LogP contribution is 2.36. The monoisotopic (exact) mass is 823 g/mol. The molecule has 1 saturated heterocycles. The number of fused-ring (bicyclic) bond motifs is 1. The van der Waals surface area contributed by atoms with Gasteiger partial charge in [-0.1, -0.05) is 45.9 Å². The first kappa shape index (κ1) is 48.5. The molecule has 2 atom stereocenters. The summed E-state index contributed by atoms with van der Waals surface area (Å²) in [5, 5.41) is 9.44. The van der Waals surface area contributed by atoms with E-state index in [0.29, 0.717) is 47.4 Å². The summed E-state index contributed by atoms with van der Waals surface area (Å²) < 4.78 is 0.